The van der Waals surface area contributed by atoms with Crippen LogP contribution in [-0.2, 0) is 0 Å². The number of hydrogen-bond donors (Lipinski definition) is 0. The molecule has 0 spiro atoms. The van der Waals surface area contributed by atoms with Crippen molar-refractivity contribution in [2.45, 2.75) is 25.7 Å². The van der Waals surface area contributed by atoms with Crippen LogP contribution in [0.1, 0.15) is 29.5 Å². The highest BCUT2D eigenvalue weighted by atomic mass is 32.1. The minimum absolute atomic E-state index is 0.473. The second-order valence-electron chi connectivity index (χ2n) is 7.97. The van der Waals surface area contributed by atoms with Gasteiger partial charge in [-0.2, -0.15) is 0 Å². The molecule has 0 atom stereocenters. The Kier molecular flexibility index (Phi) is 5.81. The molecule has 6 nitrogen and oxygen atoms in total. The van der Waals surface area contributed by atoms with Gasteiger partial charge in [-0.1, -0.05) is 12.1 Å². The monoisotopic (exact) mass is 443 g/mol. The Labute approximate surface area is 192 Å². The predicted molar refractivity (Wildman–Crippen MR) is 128 cm³/mol. The van der Waals surface area contributed by atoms with E-state index in [0.717, 1.165) is 65.8 Å². The number of aryl methyl sites for hydroxylation is 1. The van der Waals surface area contributed by atoms with Crippen molar-refractivity contribution in [1.82, 2.24) is 19.9 Å². The summed E-state index contributed by atoms with van der Waals surface area (Å²) in [4.78, 5) is 21.0. The first-order valence-electron chi connectivity index (χ1n) is 10.8. The van der Waals surface area contributed by atoms with Crippen molar-refractivity contribution >= 4 is 17.2 Å². The Morgan fingerprint density at radius 3 is 2.66 bits per heavy atom. The third-order valence-electron chi connectivity index (χ3n) is 5.83. The standard InChI is InChI=1S/C25H25N5OS/c1-17-14-23(29-24(27-17)19-6-5-11-26-15-19)30-12-9-18(10-13-30)25-28-21(16-32-25)20-7-3-4-8-22(20)31-2/h3-8,11,14-16,18H,9-10,12-13H2,1-2H3. The molecule has 0 bridgehead atoms. The molecule has 4 heterocycles. The number of thiazole rings is 1. The van der Waals surface area contributed by atoms with E-state index in [0.29, 0.717) is 5.92 Å². The van der Waals surface area contributed by atoms with Crippen LogP contribution in [0.4, 0.5) is 5.82 Å². The summed E-state index contributed by atoms with van der Waals surface area (Å²) in [5, 5.41) is 3.36. The van der Waals surface area contributed by atoms with E-state index in [4.69, 9.17) is 14.7 Å². The van der Waals surface area contributed by atoms with Gasteiger partial charge in [-0.25, -0.2) is 15.0 Å². The molecule has 32 heavy (non-hydrogen) atoms. The summed E-state index contributed by atoms with van der Waals surface area (Å²) in [6.45, 7) is 3.93. The maximum Gasteiger partial charge on any atom is 0.163 e. The third kappa shape index (κ3) is 4.21. The fraction of sp³-hybridized carbons (Fsp3) is 0.280. The zero-order valence-electron chi connectivity index (χ0n) is 18.2. The predicted octanol–water partition coefficient (Wildman–Crippen LogP) is 5.36. The van der Waals surface area contributed by atoms with Crippen LogP contribution in [0.3, 0.4) is 0 Å². The minimum Gasteiger partial charge on any atom is -0.496 e. The molecule has 3 aromatic heterocycles. The van der Waals surface area contributed by atoms with Crippen molar-refractivity contribution in [3.05, 3.63) is 70.9 Å². The minimum atomic E-state index is 0.473. The Hall–Kier alpha value is -3.32. The fourth-order valence-electron chi connectivity index (χ4n) is 4.15. The second-order valence-corrected chi connectivity index (χ2v) is 8.86. The zero-order chi connectivity index (χ0) is 21.9. The molecule has 0 aliphatic carbocycles. The van der Waals surface area contributed by atoms with Crippen molar-refractivity contribution in [3.8, 4) is 28.4 Å². The van der Waals surface area contributed by atoms with Crippen LogP contribution in [0, 0.1) is 6.92 Å². The van der Waals surface area contributed by atoms with Gasteiger partial charge in [0.15, 0.2) is 5.82 Å². The molecule has 0 radical (unpaired) electrons. The number of hydrogen-bond acceptors (Lipinski definition) is 7. The lowest BCUT2D eigenvalue weighted by molar-refractivity contribution is 0.416. The van der Waals surface area contributed by atoms with Crippen molar-refractivity contribution in [2.24, 2.45) is 0 Å². The first-order chi connectivity index (χ1) is 15.7. The molecule has 7 heteroatoms. The average Bonchev–Trinajstić information content (AvgIpc) is 3.34. The molecule has 5 rings (SSSR count). The normalized spacial score (nSPS) is 14.5. The number of anilines is 1. The van der Waals surface area contributed by atoms with E-state index in [1.807, 2.05) is 43.5 Å². The Bertz CT molecular complexity index is 1200. The van der Waals surface area contributed by atoms with E-state index in [9.17, 15) is 0 Å². The Morgan fingerprint density at radius 1 is 1.03 bits per heavy atom. The molecule has 1 fully saturated rings. The molecule has 1 saturated heterocycles. The van der Waals surface area contributed by atoms with Crippen LogP contribution in [0.15, 0.2) is 60.2 Å². The van der Waals surface area contributed by atoms with Gasteiger partial charge in [-0.15, -0.1) is 11.3 Å². The highest BCUT2D eigenvalue weighted by Crippen LogP contribution is 2.36. The summed E-state index contributed by atoms with van der Waals surface area (Å²) < 4.78 is 5.51. The van der Waals surface area contributed by atoms with Crippen LogP contribution in [0.2, 0.25) is 0 Å². The van der Waals surface area contributed by atoms with Gasteiger partial charge >= 0.3 is 0 Å². The van der Waals surface area contributed by atoms with Crippen LogP contribution < -0.4 is 9.64 Å². The number of nitrogens with zero attached hydrogens (tertiary/aromatic N) is 5. The molecule has 0 amide bonds. The maximum atomic E-state index is 5.51. The lowest BCUT2D eigenvalue weighted by atomic mass is 9.97. The first-order valence-corrected chi connectivity index (χ1v) is 11.7. The lowest BCUT2D eigenvalue weighted by Gasteiger charge is -2.32. The SMILES string of the molecule is COc1ccccc1-c1csc(C2CCN(c3cc(C)nc(-c4cccnc4)n3)CC2)n1. The summed E-state index contributed by atoms with van der Waals surface area (Å²) in [6, 6.07) is 14.1. The molecule has 0 saturated carbocycles. The summed E-state index contributed by atoms with van der Waals surface area (Å²) in [5.74, 6) is 3.06. The van der Waals surface area contributed by atoms with Crippen molar-refractivity contribution in [1.29, 1.82) is 0 Å². The number of pyridine rings is 1. The van der Waals surface area contributed by atoms with Gasteiger partial charge in [0.05, 0.1) is 17.8 Å². The first kappa shape index (κ1) is 20.6. The van der Waals surface area contributed by atoms with Gasteiger partial charge in [0.1, 0.15) is 11.6 Å². The van der Waals surface area contributed by atoms with Gasteiger partial charge in [0.25, 0.3) is 0 Å². The van der Waals surface area contributed by atoms with E-state index in [-0.39, 0.29) is 0 Å². The second kappa shape index (κ2) is 9.04. The van der Waals surface area contributed by atoms with Crippen molar-refractivity contribution in [3.63, 3.8) is 0 Å². The van der Waals surface area contributed by atoms with Crippen molar-refractivity contribution in [2.75, 3.05) is 25.1 Å². The number of methoxy groups -OCH3 is 1. The number of piperidine rings is 1. The zero-order valence-corrected chi connectivity index (χ0v) is 19.0. The van der Waals surface area contributed by atoms with Crippen LogP contribution in [0.5, 0.6) is 5.75 Å². The van der Waals surface area contributed by atoms with Crippen LogP contribution >= 0.6 is 11.3 Å². The third-order valence-corrected chi connectivity index (χ3v) is 6.84. The van der Waals surface area contributed by atoms with Crippen molar-refractivity contribution < 1.29 is 4.74 Å². The number of aromatic nitrogens is 4. The highest BCUT2D eigenvalue weighted by Gasteiger charge is 2.25. The number of ether oxygens (including phenoxy) is 1. The highest BCUT2D eigenvalue weighted by molar-refractivity contribution is 7.10. The molecule has 4 aromatic rings. The molecular weight excluding hydrogens is 418 g/mol. The molecule has 0 N–H and O–H groups in total. The number of rotatable bonds is 5. The van der Waals surface area contributed by atoms with Crippen LogP contribution in [-0.4, -0.2) is 40.1 Å². The van der Waals surface area contributed by atoms with Gasteiger partial charge in [0.2, 0.25) is 0 Å². The fourth-order valence-corrected chi connectivity index (χ4v) is 5.14. The number of benzene rings is 1. The molecule has 1 aliphatic heterocycles. The topological polar surface area (TPSA) is 64.0 Å². The van der Waals surface area contributed by atoms with E-state index in [1.54, 1.807) is 24.6 Å². The largest absolute Gasteiger partial charge is 0.496 e. The molecule has 0 unspecified atom stereocenters. The van der Waals surface area contributed by atoms with Crippen LogP contribution in [0.25, 0.3) is 22.6 Å². The van der Waals surface area contributed by atoms with E-state index >= 15 is 0 Å². The average molecular weight is 444 g/mol. The van der Waals surface area contributed by atoms with Gasteiger partial charge in [0, 0.05) is 59.7 Å². The Morgan fingerprint density at radius 2 is 1.88 bits per heavy atom. The van der Waals surface area contributed by atoms with Gasteiger partial charge in [-0.05, 0) is 44.0 Å². The smallest absolute Gasteiger partial charge is 0.163 e. The number of para-hydroxylation sites is 1. The Balaban J connectivity index is 1.30. The maximum absolute atomic E-state index is 5.51. The molecular formula is C25H25N5OS. The summed E-state index contributed by atoms with van der Waals surface area (Å²) in [5.41, 5.74) is 3.96. The lowest BCUT2D eigenvalue weighted by Crippen LogP contribution is -2.33. The van der Waals surface area contributed by atoms with Gasteiger partial charge < -0.3 is 9.64 Å². The van der Waals surface area contributed by atoms with E-state index in [1.165, 1.54) is 5.01 Å². The molecule has 1 aromatic carbocycles. The van der Waals surface area contributed by atoms with E-state index < -0.39 is 0 Å². The summed E-state index contributed by atoms with van der Waals surface area (Å²) in [6.07, 6.45) is 5.70. The molecule has 1 aliphatic rings. The van der Waals surface area contributed by atoms with E-state index in [2.05, 4.69) is 32.4 Å². The quantitative estimate of drug-likeness (QED) is 0.414. The summed E-state index contributed by atoms with van der Waals surface area (Å²) in [7, 11) is 1.70. The van der Waals surface area contributed by atoms with Gasteiger partial charge in [-0.3, -0.25) is 4.98 Å². The summed E-state index contributed by atoms with van der Waals surface area (Å²) >= 11 is 1.75. The molecule has 162 valence electrons.